The molecule has 2 N–H and O–H groups in total. The van der Waals surface area contributed by atoms with Crippen LogP contribution in [0.3, 0.4) is 0 Å². The number of aryl methyl sites for hydroxylation is 2. The molecule has 33 heavy (non-hydrogen) atoms. The average molecular weight is 461 g/mol. The molecule has 4 rings (SSSR count). The van der Waals surface area contributed by atoms with Gasteiger partial charge in [0.25, 0.3) is 11.1 Å². The first-order valence-corrected chi connectivity index (χ1v) is 11.3. The van der Waals surface area contributed by atoms with E-state index in [0.717, 1.165) is 28.1 Å². The number of aliphatic hydroxyl groups is 1. The van der Waals surface area contributed by atoms with Gasteiger partial charge in [-0.15, -0.1) is 0 Å². The normalized spacial score (nSPS) is 11.8. The Morgan fingerprint density at radius 2 is 1.91 bits per heavy atom. The molecule has 0 bridgehead atoms. The van der Waals surface area contributed by atoms with Crippen LogP contribution in [0.1, 0.15) is 45.0 Å². The van der Waals surface area contributed by atoms with E-state index >= 15 is 0 Å². The molecule has 0 unspecified atom stereocenters. The topological polar surface area (TPSA) is 97.2 Å². The van der Waals surface area contributed by atoms with E-state index in [4.69, 9.17) is 4.74 Å². The van der Waals surface area contributed by atoms with Gasteiger partial charge in [-0.25, -0.2) is 4.98 Å². The van der Waals surface area contributed by atoms with Crippen LogP contribution in [0.4, 0.5) is 0 Å². The second-order valence-corrected chi connectivity index (χ2v) is 8.83. The number of amides is 1. The number of aliphatic hydroxyl groups excluding tert-OH is 1. The molecule has 7 nitrogen and oxygen atoms in total. The van der Waals surface area contributed by atoms with E-state index in [-0.39, 0.29) is 18.6 Å². The highest BCUT2D eigenvalue weighted by Gasteiger charge is 2.16. The van der Waals surface area contributed by atoms with Crippen molar-refractivity contribution < 1.29 is 14.6 Å². The van der Waals surface area contributed by atoms with Crippen molar-refractivity contribution in [2.24, 2.45) is 0 Å². The quantitative estimate of drug-likeness (QED) is 0.403. The van der Waals surface area contributed by atoms with Crippen molar-refractivity contribution in [1.29, 1.82) is 0 Å². The molecule has 0 spiro atoms. The summed E-state index contributed by atoms with van der Waals surface area (Å²) in [7, 11) is 0. The highest BCUT2D eigenvalue weighted by molar-refractivity contribution is 7.13. The largest absolute Gasteiger partial charge is 0.431 e. The Balaban J connectivity index is 1.64. The summed E-state index contributed by atoms with van der Waals surface area (Å²) < 4.78 is 5.92. The summed E-state index contributed by atoms with van der Waals surface area (Å²) in [5.74, 6) is 0.223. The van der Waals surface area contributed by atoms with Crippen LogP contribution in [0.2, 0.25) is 0 Å². The maximum Gasteiger partial charge on any atom is 0.278 e. The van der Waals surface area contributed by atoms with Crippen LogP contribution in [0.5, 0.6) is 10.9 Å². The van der Waals surface area contributed by atoms with E-state index < -0.39 is 0 Å². The number of carbonyl (C=O) groups excluding carboxylic acids is 1. The highest BCUT2D eigenvalue weighted by Crippen LogP contribution is 2.31. The molecular weight excluding hydrogens is 436 g/mol. The number of carbonyl (C=O) groups is 1. The lowest BCUT2D eigenvalue weighted by atomic mass is 10.0. The van der Waals surface area contributed by atoms with E-state index in [1.54, 1.807) is 30.7 Å². The molecule has 0 radical (unpaired) electrons. The van der Waals surface area contributed by atoms with Gasteiger partial charge in [0.15, 0.2) is 0 Å². The van der Waals surface area contributed by atoms with Crippen LogP contribution in [0.25, 0.3) is 11.3 Å². The number of hydrogen-bond acceptors (Lipinski definition) is 7. The van der Waals surface area contributed by atoms with Crippen LogP contribution >= 0.6 is 11.3 Å². The standard InChI is InChI=1S/C25H24N4O3S/c1-15-4-7-23(27-11-15)19-8-20(10-21(9-19)32-25-28-13-22(14-30)33-25)24(31)29-17(3)18-6-5-16(2)26-12-18/h4-13,17,30H,14H2,1-3H3,(H,29,31)/t17-/m1/s1. The molecule has 168 valence electrons. The summed E-state index contributed by atoms with van der Waals surface area (Å²) in [4.78, 5) is 26.8. The molecule has 0 saturated heterocycles. The fourth-order valence-corrected chi connectivity index (χ4v) is 3.82. The van der Waals surface area contributed by atoms with Crippen LogP contribution in [-0.4, -0.2) is 26.0 Å². The first kappa shape index (κ1) is 22.6. The molecule has 1 atom stereocenters. The average Bonchev–Trinajstić information content (AvgIpc) is 3.27. The van der Waals surface area contributed by atoms with E-state index in [2.05, 4.69) is 20.3 Å². The number of nitrogens with zero attached hydrogens (tertiary/aromatic N) is 3. The lowest BCUT2D eigenvalue weighted by molar-refractivity contribution is 0.0939. The molecule has 0 aliphatic rings. The van der Waals surface area contributed by atoms with Gasteiger partial charge in [-0.1, -0.05) is 23.5 Å². The molecule has 0 fully saturated rings. The van der Waals surface area contributed by atoms with Crippen molar-refractivity contribution >= 4 is 17.2 Å². The van der Waals surface area contributed by atoms with Gasteiger partial charge in [0.2, 0.25) is 0 Å². The van der Waals surface area contributed by atoms with Crippen LogP contribution in [0, 0.1) is 13.8 Å². The summed E-state index contributed by atoms with van der Waals surface area (Å²) in [6.07, 6.45) is 5.11. The predicted molar refractivity (Wildman–Crippen MR) is 127 cm³/mol. The summed E-state index contributed by atoms with van der Waals surface area (Å²) in [5, 5.41) is 12.7. The fraction of sp³-hybridized carbons (Fsp3) is 0.200. The molecule has 3 aromatic heterocycles. The third kappa shape index (κ3) is 5.60. The zero-order chi connectivity index (χ0) is 23.4. The Morgan fingerprint density at radius 1 is 1.06 bits per heavy atom. The number of thiazole rings is 1. The SMILES string of the molecule is Cc1ccc(-c2cc(Oc3ncc(CO)s3)cc(C(=O)N[C@H](C)c3ccc(C)nc3)c2)nc1. The number of nitrogens with one attached hydrogen (secondary N) is 1. The summed E-state index contributed by atoms with van der Waals surface area (Å²) in [6, 6.07) is 12.8. The number of aromatic nitrogens is 3. The molecule has 0 saturated carbocycles. The summed E-state index contributed by atoms with van der Waals surface area (Å²) >= 11 is 1.25. The Morgan fingerprint density at radius 3 is 2.58 bits per heavy atom. The third-order valence-electron chi connectivity index (χ3n) is 5.05. The molecular formula is C25H24N4O3S. The number of benzene rings is 1. The lowest BCUT2D eigenvalue weighted by Crippen LogP contribution is -2.26. The number of hydrogen-bond donors (Lipinski definition) is 2. The van der Waals surface area contributed by atoms with E-state index in [1.807, 2.05) is 51.1 Å². The minimum Gasteiger partial charge on any atom is -0.431 e. The minimum absolute atomic E-state index is 0.103. The molecule has 3 heterocycles. The summed E-state index contributed by atoms with van der Waals surface area (Å²) in [5.41, 5.74) is 4.80. The molecule has 0 aliphatic carbocycles. The second kappa shape index (κ2) is 9.89. The Kier molecular flexibility index (Phi) is 6.76. The lowest BCUT2D eigenvalue weighted by Gasteiger charge is -2.15. The van der Waals surface area contributed by atoms with Crippen molar-refractivity contribution in [1.82, 2.24) is 20.3 Å². The van der Waals surface area contributed by atoms with Crippen molar-refractivity contribution in [3.63, 3.8) is 0 Å². The summed E-state index contributed by atoms with van der Waals surface area (Å²) in [6.45, 7) is 5.70. The molecule has 1 amide bonds. The zero-order valence-corrected chi connectivity index (χ0v) is 19.4. The van der Waals surface area contributed by atoms with Gasteiger partial charge in [0.1, 0.15) is 5.75 Å². The van der Waals surface area contributed by atoms with Gasteiger partial charge in [0.05, 0.1) is 23.2 Å². The van der Waals surface area contributed by atoms with Gasteiger partial charge < -0.3 is 15.2 Å². The smallest absolute Gasteiger partial charge is 0.278 e. The van der Waals surface area contributed by atoms with E-state index in [1.165, 1.54) is 11.3 Å². The van der Waals surface area contributed by atoms with Gasteiger partial charge in [-0.3, -0.25) is 14.8 Å². The zero-order valence-electron chi connectivity index (χ0n) is 18.6. The van der Waals surface area contributed by atoms with Crippen molar-refractivity contribution in [2.45, 2.75) is 33.4 Å². The van der Waals surface area contributed by atoms with Gasteiger partial charge in [-0.2, -0.15) is 0 Å². The van der Waals surface area contributed by atoms with E-state index in [9.17, 15) is 9.90 Å². The molecule has 8 heteroatoms. The van der Waals surface area contributed by atoms with Crippen LogP contribution in [0.15, 0.2) is 61.1 Å². The first-order valence-electron chi connectivity index (χ1n) is 10.5. The van der Waals surface area contributed by atoms with Gasteiger partial charge >= 0.3 is 0 Å². The Hall–Kier alpha value is -3.62. The number of rotatable bonds is 7. The monoisotopic (exact) mass is 460 g/mol. The van der Waals surface area contributed by atoms with Crippen molar-refractivity contribution in [3.8, 4) is 22.2 Å². The van der Waals surface area contributed by atoms with Gasteiger partial charge in [-0.05, 0) is 62.2 Å². The molecule has 4 aromatic rings. The highest BCUT2D eigenvalue weighted by atomic mass is 32.1. The Labute approximate surface area is 196 Å². The van der Waals surface area contributed by atoms with Crippen LogP contribution in [-0.2, 0) is 6.61 Å². The predicted octanol–water partition coefficient (Wildman–Crippen LogP) is 4.99. The van der Waals surface area contributed by atoms with Gasteiger partial charge in [0, 0.05) is 35.4 Å². The van der Waals surface area contributed by atoms with Crippen molar-refractivity contribution in [2.75, 3.05) is 0 Å². The maximum absolute atomic E-state index is 13.1. The molecule has 1 aromatic carbocycles. The van der Waals surface area contributed by atoms with Crippen molar-refractivity contribution in [3.05, 3.63) is 88.3 Å². The number of ether oxygens (including phenoxy) is 1. The minimum atomic E-state index is -0.239. The number of pyridine rings is 2. The van der Waals surface area contributed by atoms with Crippen LogP contribution < -0.4 is 10.1 Å². The Bertz CT molecular complexity index is 1250. The second-order valence-electron chi connectivity index (χ2n) is 7.75. The fourth-order valence-electron chi connectivity index (χ4n) is 3.18. The first-order chi connectivity index (χ1) is 15.9. The van der Waals surface area contributed by atoms with E-state index in [0.29, 0.717) is 21.4 Å². The third-order valence-corrected chi connectivity index (χ3v) is 5.91. The molecule has 0 aliphatic heterocycles. The maximum atomic E-state index is 13.1.